The number of hydrogen-bond donors (Lipinski definition) is 1. The smallest absolute Gasteiger partial charge is 0.161 e. The fourth-order valence-electron chi connectivity index (χ4n) is 1.17. The number of ether oxygens (including phenoxy) is 1. The zero-order chi connectivity index (χ0) is 12.3. The SMILES string of the molecule is CC(C)OCC(O)c1cc(F)c(F)cc1F. The van der Waals surface area contributed by atoms with Crippen LogP contribution in [0.3, 0.4) is 0 Å². The van der Waals surface area contributed by atoms with Crippen LogP contribution in [0.5, 0.6) is 0 Å². The van der Waals surface area contributed by atoms with E-state index >= 15 is 0 Å². The molecule has 0 saturated heterocycles. The van der Waals surface area contributed by atoms with Gasteiger partial charge in [-0.2, -0.15) is 0 Å². The Hall–Kier alpha value is -1.07. The largest absolute Gasteiger partial charge is 0.386 e. The molecular formula is C11H13F3O2. The molecule has 0 aromatic heterocycles. The highest BCUT2D eigenvalue weighted by molar-refractivity contribution is 5.22. The maximum Gasteiger partial charge on any atom is 0.161 e. The molecule has 0 spiro atoms. The van der Waals surface area contributed by atoms with Crippen LogP contribution in [0.4, 0.5) is 13.2 Å². The Balaban J connectivity index is 2.82. The molecule has 0 aliphatic carbocycles. The number of benzene rings is 1. The van der Waals surface area contributed by atoms with E-state index in [1.54, 1.807) is 13.8 Å². The fourth-order valence-corrected chi connectivity index (χ4v) is 1.17. The van der Waals surface area contributed by atoms with E-state index in [2.05, 4.69) is 0 Å². The molecule has 1 rings (SSSR count). The summed E-state index contributed by atoms with van der Waals surface area (Å²) in [4.78, 5) is 0. The van der Waals surface area contributed by atoms with Gasteiger partial charge in [0.15, 0.2) is 11.6 Å². The molecule has 1 aromatic rings. The molecule has 0 amide bonds. The summed E-state index contributed by atoms with van der Waals surface area (Å²) >= 11 is 0. The molecule has 16 heavy (non-hydrogen) atoms. The maximum absolute atomic E-state index is 13.2. The second kappa shape index (κ2) is 5.32. The van der Waals surface area contributed by atoms with Gasteiger partial charge in [-0.05, 0) is 19.9 Å². The molecule has 0 heterocycles. The topological polar surface area (TPSA) is 29.5 Å². The van der Waals surface area contributed by atoms with Crippen molar-refractivity contribution in [3.63, 3.8) is 0 Å². The minimum Gasteiger partial charge on any atom is -0.386 e. The lowest BCUT2D eigenvalue weighted by atomic mass is 10.1. The van der Waals surface area contributed by atoms with E-state index in [-0.39, 0.29) is 18.3 Å². The molecular weight excluding hydrogens is 221 g/mol. The van der Waals surface area contributed by atoms with Gasteiger partial charge in [-0.1, -0.05) is 0 Å². The minimum absolute atomic E-state index is 0.136. The van der Waals surface area contributed by atoms with E-state index in [1.165, 1.54) is 0 Å². The molecule has 1 N–H and O–H groups in total. The predicted molar refractivity (Wildman–Crippen MR) is 52.4 cm³/mol. The fraction of sp³-hybridized carbons (Fsp3) is 0.455. The Bertz CT molecular complexity index is 366. The summed E-state index contributed by atoms with van der Waals surface area (Å²) in [5.41, 5.74) is -0.306. The van der Waals surface area contributed by atoms with Crippen LogP contribution in [0.2, 0.25) is 0 Å². The Morgan fingerprint density at radius 2 is 1.69 bits per heavy atom. The lowest BCUT2D eigenvalue weighted by molar-refractivity contribution is 0.00342. The van der Waals surface area contributed by atoms with Gasteiger partial charge < -0.3 is 9.84 Å². The number of aliphatic hydroxyl groups excluding tert-OH is 1. The molecule has 1 aromatic carbocycles. The van der Waals surface area contributed by atoms with Crippen molar-refractivity contribution in [1.82, 2.24) is 0 Å². The second-order valence-electron chi connectivity index (χ2n) is 3.69. The third kappa shape index (κ3) is 3.21. The number of aliphatic hydroxyl groups is 1. The van der Waals surface area contributed by atoms with Crippen molar-refractivity contribution in [2.24, 2.45) is 0 Å². The van der Waals surface area contributed by atoms with Crippen LogP contribution >= 0.6 is 0 Å². The highest BCUT2D eigenvalue weighted by Gasteiger charge is 2.17. The average molecular weight is 234 g/mol. The summed E-state index contributed by atoms with van der Waals surface area (Å²) in [6.07, 6.45) is -1.44. The van der Waals surface area contributed by atoms with Gasteiger partial charge in [0, 0.05) is 11.6 Å². The summed E-state index contributed by atoms with van der Waals surface area (Å²) in [6, 6.07) is 1.04. The zero-order valence-corrected chi connectivity index (χ0v) is 9.01. The molecule has 0 bridgehead atoms. The molecule has 1 atom stereocenters. The molecule has 1 unspecified atom stereocenters. The summed E-state index contributed by atoms with van der Waals surface area (Å²) in [5, 5.41) is 9.51. The standard InChI is InChI=1S/C11H13F3O2/c1-6(2)16-5-11(15)7-3-9(13)10(14)4-8(7)12/h3-4,6,11,15H,5H2,1-2H3. The van der Waals surface area contributed by atoms with Gasteiger partial charge in [-0.15, -0.1) is 0 Å². The van der Waals surface area contributed by atoms with E-state index in [0.717, 1.165) is 0 Å². The zero-order valence-electron chi connectivity index (χ0n) is 9.01. The lowest BCUT2D eigenvalue weighted by Crippen LogP contribution is -2.13. The Kier molecular flexibility index (Phi) is 4.32. The third-order valence-electron chi connectivity index (χ3n) is 1.99. The van der Waals surface area contributed by atoms with Gasteiger partial charge in [0.2, 0.25) is 0 Å². The summed E-state index contributed by atoms with van der Waals surface area (Å²) in [7, 11) is 0. The van der Waals surface area contributed by atoms with Crippen molar-refractivity contribution >= 4 is 0 Å². The van der Waals surface area contributed by atoms with Crippen LogP contribution in [-0.4, -0.2) is 17.8 Å². The lowest BCUT2D eigenvalue weighted by Gasteiger charge is -2.14. The van der Waals surface area contributed by atoms with Crippen LogP contribution < -0.4 is 0 Å². The normalized spacial score (nSPS) is 13.2. The first kappa shape index (κ1) is 13.0. The molecule has 0 aliphatic heterocycles. The van der Waals surface area contributed by atoms with E-state index in [4.69, 9.17) is 4.74 Å². The van der Waals surface area contributed by atoms with Crippen LogP contribution in [-0.2, 0) is 4.74 Å². The quantitative estimate of drug-likeness (QED) is 0.811. The first-order valence-corrected chi connectivity index (χ1v) is 4.86. The van der Waals surface area contributed by atoms with Gasteiger partial charge in [-0.25, -0.2) is 13.2 Å². The van der Waals surface area contributed by atoms with E-state index in [9.17, 15) is 18.3 Å². The molecule has 0 fully saturated rings. The molecule has 2 nitrogen and oxygen atoms in total. The van der Waals surface area contributed by atoms with Crippen LogP contribution in [0.25, 0.3) is 0 Å². The highest BCUT2D eigenvalue weighted by Crippen LogP contribution is 2.21. The molecule has 0 aliphatic rings. The number of rotatable bonds is 4. The molecule has 0 saturated carbocycles. The molecule has 5 heteroatoms. The van der Waals surface area contributed by atoms with Crippen molar-refractivity contribution in [2.75, 3.05) is 6.61 Å². The van der Waals surface area contributed by atoms with Gasteiger partial charge in [0.25, 0.3) is 0 Å². The summed E-state index contributed by atoms with van der Waals surface area (Å²) in [5.74, 6) is -3.46. The van der Waals surface area contributed by atoms with E-state index in [0.29, 0.717) is 12.1 Å². The number of hydrogen-bond acceptors (Lipinski definition) is 2. The van der Waals surface area contributed by atoms with Gasteiger partial charge >= 0.3 is 0 Å². The third-order valence-corrected chi connectivity index (χ3v) is 1.99. The highest BCUT2D eigenvalue weighted by atomic mass is 19.2. The van der Waals surface area contributed by atoms with Crippen molar-refractivity contribution in [2.45, 2.75) is 26.1 Å². The van der Waals surface area contributed by atoms with Crippen molar-refractivity contribution in [1.29, 1.82) is 0 Å². The van der Waals surface area contributed by atoms with Gasteiger partial charge in [0.05, 0.1) is 12.7 Å². The first-order chi connectivity index (χ1) is 7.41. The van der Waals surface area contributed by atoms with Crippen LogP contribution in [0.1, 0.15) is 25.5 Å². The van der Waals surface area contributed by atoms with Crippen molar-refractivity contribution < 1.29 is 23.0 Å². The van der Waals surface area contributed by atoms with Crippen LogP contribution in [0, 0.1) is 17.5 Å². The maximum atomic E-state index is 13.2. The predicted octanol–water partition coefficient (Wildman–Crippen LogP) is 2.56. The Morgan fingerprint density at radius 1 is 1.12 bits per heavy atom. The summed E-state index contributed by atoms with van der Waals surface area (Å²) in [6.45, 7) is 3.32. The monoisotopic (exact) mass is 234 g/mol. The second-order valence-corrected chi connectivity index (χ2v) is 3.69. The first-order valence-electron chi connectivity index (χ1n) is 4.86. The number of halogens is 3. The minimum atomic E-state index is -1.31. The Labute approximate surface area is 91.7 Å². The van der Waals surface area contributed by atoms with E-state index in [1.807, 2.05) is 0 Å². The molecule has 90 valence electrons. The molecule has 0 radical (unpaired) electrons. The van der Waals surface area contributed by atoms with Gasteiger partial charge in [0.1, 0.15) is 11.9 Å². The van der Waals surface area contributed by atoms with Crippen molar-refractivity contribution in [3.05, 3.63) is 35.1 Å². The van der Waals surface area contributed by atoms with Crippen molar-refractivity contribution in [3.8, 4) is 0 Å². The summed E-state index contributed by atoms with van der Waals surface area (Å²) < 4.78 is 43.7. The Morgan fingerprint density at radius 3 is 2.25 bits per heavy atom. The average Bonchev–Trinajstić information content (AvgIpc) is 2.20. The van der Waals surface area contributed by atoms with Gasteiger partial charge in [-0.3, -0.25) is 0 Å². The van der Waals surface area contributed by atoms with Crippen LogP contribution in [0.15, 0.2) is 12.1 Å². The van der Waals surface area contributed by atoms with E-state index < -0.39 is 23.6 Å².